The fourth-order valence-electron chi connectivity index (χ4n) is 1.64. The van der Waals surface area contributed by atoms with Gasteiger partial charge in [-0.05, 0) is 30.9 Å². The first-order valence-electron chi connectivity index (χ1n) is 6.38. The number of Topliss-reactive ketones (excluding diaryl/α,β-unsaturated/α-hetero) is 1. The number of methoxy groups -OCH3 is 1. The van der Waals surface area contributed by atoms with E-state index < -0.39 is 0 Å². The van der Waals surface area contributed by atoms with Crippen molar-refractivity contribution in [2.24, 2.45) is 5.92 Å². The van der Waals surface area contributed by atoms with Gasteiger partial charge in [0.2, 0.25) is 0 Å². The summed E-state index contributed by atoms with van der Waals surface area (Å²) in [4.78, 5) is 11.8. The van der Waals surface area contributed by atoms with Gasteiger partial charge in [0.15, 0.2) is 5.78 Å². The molecule has 0 radical (unpaired) electrons. The average molecular weight is 250 g/mol. The standard InChI is InChI=1S/C15H22O3/c1-12(2)6-5-9-18-11-15(16)13-7-4-8-14(10-13)17-3/h4,7-8,10,12H,5-6,9,11H2,1-3H3. The zero-order chi connectivity index (χ0) is 13.4. The summed E-state index contributed by atoms with van der Waals surface area (Å²) in [7, 11) is 1.59. The molecule has 0 aromatic heterocycles. The number of hydrogen-bond acceptors (Lipinski definition) is 3. The predicted octanol–water partition coefficient (Wildman–Crippen LogP) is 3.33. The number of carbonyl (C=O) groups excluding carboxylic acids is 1. The number of ketones is 1. The molecular formula is C15H22O3. The van der Waals surface area contributed by atoms with Gasteiger partial charge in [-0.15, -0.1) is 0 Å². The molecule has 0 aliphatic carbocycles. The van der Waals surface area contributed by atoms with Crippen LogP contribution in [-0.2, 0) is 4.74 Å². The van der Waals surface area contributed by atoms with E-state index in [1.54, 1.807) is 19.2 Å². The van der Waals surface area contributed by atoms with Crippen LogP contribution >= 0.6 is 0 Å². The summed E-state index contributed by atoms with van der Waals surface area (Å²) in [6, 6.07) is 7.15. The van der Waals surface area contributed by atoms with Crippen LogP contribution in [0.4, 0.5) is 0 Å². The Hall–Kier alpha value is -1.35. The minimum atomic E-state index is -0.00144. The van der Waals surface area contributed by atoms with E-state index in [2.05, 4.69) is 13.8 Å². The summed E-state index contributed by atoms with van der Waals surface area (Å²) in [6.07, 6.45) is 2.14. The van der Waals surface area contributed by atoms with E-state index in [0.29, 0.717) is 23.8 Å². The molecule has 0 heterocycles. The second-order valence-electron chi connectivity index (χ2n) is 4.74. The zero-order valence-electron chi connectivity index (χ0n) is 11.4. The van der Waals surface area contributed by atoms with E-state index in [0.717, 1.165) is 12.8 Å². The van der Waals surface area contributed by atoms with E-state index in [-0.39, 0.29) is 12.4 Å². The molecule has 18 heavy (non-hydrogen) atoms. The Balaban J connectivity index is 2.31. The number of ether oxygens (including phenoxy) is 2. The van der Waals surface area contributed by atoms with Crippen LogP contribution in [0.2, 0.25) is 0 Å². The largest absolute Gasteiger partial charge is 0.497 e. The molecule has 1 aromatic rings. The van der Waals surface area contributed by atoms with Gasteiger partial charge in [-0.2, -0.15) is 0 Å². The van der Waals surface area contributed by atoms with Crippen LogP contribution in [0.5, 0.6) is 5.75 Å². The predicted molar refractivity (Wildman–Crippen MR) is 72.2 cm³/mol. The number of carbonyl (C=O) groups is 1. The first-order chi connectivity index (χ1) is 8.63. The molecular weight excluding hydrogens is 228 g/mol. The summed E-state index contributed by atoms with van der Waals surface area (Å²) in [6.45, 7) is 5.15. The lowest BCUT2D eigenvalue weighted by atomic mass is 10.1. The Labute approximate surface area is 109 Å². The fourth-order valence-corrected chi connectivity index (χ4v) is 1.64. The molecule has 100 valence electrons. The van der Waals surface area contributed by atoms with Crippen molar-refractivity contribution in [2.45, 2.75) is 26.7 Å². The van der Waals surface area contributed by atoms with E-state index in [1.807, 2.05) is 12.1 Å². The minimum absolute atomic E-state index is 0.00144. The lowest BCUT2D eigenvalue weighted by Crippen LogP contribution is -2.10. The van der Waals surface area contributed by atoms with Gasteiger partial charge >= 0.3 is 0 Å². The van der Waals surface area contributed by atoms with Crippen molar-refractivity contribution < 1.29 is 14.3 Å². The van der Waals surface area contributed by atoms with Gasteiger partial charge in [0.05, 0.1) is 7.11 Å². The zero-order valence-corrected chi connectivity index (χ0v) is 11.4. The summed E-state index contributed by atoms with van der Waals surface area (Å²) < 4.78 is 10.5. The van der Waals surface area contributed by atoms with Gasteiger partial charge in [-0.25, -0.2) is 0 Å². The molecule has 0 fully saturated rings. The van der Waals surface area contributed by atoms with Gasteiger partial charge in [0, 0.05) is 12.2 Å². The van der Waals surface area contributed by atoms with Gasteiger partial charge in [0.1, 0.15) is 12.4 Å². The normalized spacial score (nSPS) is 10.7. The van der Waals surface area contributed by atoms with Crippen LogP contribution in [0.3, 0.4) is 0 Å². The van der Waals surface area contributed by atoms with Gasteiger partial charge < -0.3 is 9.47 Å². The van der Waals surface area contributed by atoms with Crippen molar-refractivity contribution in [3.63, 3.8) is 0 Å². The molecule has 0 saturated carbocycles. The molecule has 1 aromatic carbocycles. The van der Waals surface area contributed by atoms with Crippen molar-refractivity contribution in [1.82, 2.24) is 0 Å². The lowest BCUT2D eigenvalue weighted by molar-refractivity contribution is 0.0749. The van der Waals surface area contributed by atoms with E-state index >= 15 is 0 Å². The monoisotopic (exact) mass is 250 g/mol. The Morgan fingerprint density at radius 3 is 2.78 bits per heavy atom. The summed E-state index contributed by atoms with van der Waals surface area (Å²) in [5.41, 5.74) is 0.637. The molecule has 0 aliphatic heterocycles. The summed E-state index contributed by atoms with van der Waals surface area (Å²) >= 11 is 0. The minimum Gasteiger partial charge on any atom is -0.497 e. The van der Waals surface area contributed by atoms with Crippen molar-refractivity contribution in [3.8, 4) is 5.75 Å². The van der Waals surface area contributed by atoms with Crippen molar-refractivity contribution in [2.75, 3.05) is 20.3 Å². The molecule has 0 spiro atoms. The maximum atomic E-state index is 11.8. The third-order valence-corrected chi connectivity index (χ3v) is 2.70. The topological polar surface area (TPSA) is 35.5 Å². The highest BCUT2D eigenvalue weighted by Gasteiger charge is 2.06. The Morgan fingerprint density at radius 1 is 1.33 bits per heavy atom. The summed E-state index contributed by atoms with van der Waals surface area (Å²) in [5.74, 6) is 1.38. The molecule has 3 heteroatoms. The van der Waals surface area contributed by atoms with Crippen molar-refractivity contribution in [3.05, 3.63) is 29.8 Å². The van der Waals surface area contributed by atoms with E-state index in [4.69, 9.17) is 9.47 Å². The van der Waals surface area contributed by atoms with Crippen LogP contribution < -0.4 is 4.74 Å². The lowest BCUT2D eigenvalue weighted by Gasteiger charge is -2.06. The molecule has 0 saturated heterocycles. The number of rotatable bonds is 8. The van der Waals surface area contributed by atoms with Crippen molar-refractivity contribution in [1.29, 1.82) is 0 Å². The smallest absolute Gasteiger partial charge is 0.188 e. The molecule has 3 nitrogen and oxygen atoms in total. The quantitative estimate of drug-likeness (QED) is 0.524. The Kier molecular flexibility index (Phi) is 6.44. The van der Waals surface area contributed by atoms with Gasteiger partial charge in [-0.3, -0.25) is 4.79 Å². The van der Waals surface area contributed by atoms with E-state index in [1.165, 1.54) is 0 Å². The van der Waals surface area contributed by atoms with Crippen LogP contribution in [0.25, 0.3) is 0 Å². The highest BCUT2D eigenvalue weighted by Crippen LogP contribution is 2.13. The first kappa shape index (κ1) is 14.7. The van der Waals surface area contributed by atoms with Crippen LogP contribution in [-0.4, -0.2) is 26.1 Å². The highest BCUT2D eigenvalue weighted by molar-refractivity contribution is 5.97. The number of hydrogen-bond donors (Lipinski definition) is 0. The molecule has 0 aliphatic rings. The Morgan fingerprint density at radius 2 is 2.11 bits per heavy atom. The van der Waals surface area contributed by atoms with Crippen LogP contribution in [0, 0.1) is 5.92 Å². The van der Waals surface area contributed by atoms with Gasteiger partial charge in [0.25, 0.3) is 0 Å². The van der Waals surface area contributed by atoms with Gasteiger partial charge in [-0.1, -0.05) is 26.0 Å². The second-order valence-corrected chi connectivity index (χ2v) is 4.74. The maximum absolute atomic E-state index is 11.8. The molecule has 0 atom stereocenters. The SMILES string of the molecule is COc1cccc(C(=O)COCCCC(C)C)c1. The second kappa shape index (κ2) is 7.88. The molecule has 1 rings (SSSR count). The van der Waals surface area contributed by atoms with Crippen LogP contribution in [0.1, 0.15) is 37.0 Å². The maximum Gasteiger partial charge on any atom is 0.188 e. The average Bonchev–Trinajstić information content (AvgIpc) is 2.37. The first-order valence-corrected chi connectivity index (χ1v) is 6.38. The van der Waals surface area contributed by atoms with Crippen molar-refractivity contribution >= 4 is 5.78 Å². The molecule has 0 bridgehead atoms. The fraction of sp³-hybridized carbons (Fsp3) is 0.533. The summed E-state index contributed by atoms with van der Waals surface area (Å²) in [5, 5.41) is 0. The molecule has 0 N–H and O–H groups in total. The molecule has 0 amide bonds. The highest BCUT2D eigenvalue weighted by atomic mass is 16.5. The van der Waals surface area contributed by atoms with Crippen LogP contribution in [0.15, 0.2) is 24.3 Å². The molecule has 0 unspecified atom stereocenters. The van der Waals surface area contributed by atoms with E-state index in [9.17, 15) is 4.79 Å². The number of benzene rings is 1. The third-order valence-electron chi connectivity index (χ3n) is 2.70. The Bertz CT molecular complexity index is 372. The third kappa shape index (κ3) is 5.32.